The SMILES string of the molecule is N#CC(c1ccccc1-c1ccc(Cl)cc1)C1CCN(c2ccc(C(=O)O)cc2)CC1. The zero-order chi connectivity index (χ0) is 21.8. The lowest BCUT2D eigenvalue weighted by Crippen LogP contribution is -2.35. The van der Waals surface area contributed by atoms with Gasteiger partial charge in [0.25, 0.3) is 0 Å². The van der Waals surface area contributed by atoms with Crippen molar-refractivity contribution < 1.29 is 9.90 Å². The Balaban J connectivity index is 1.51. The predicted octanol–water partition coefficient (Wildman–Crippen LogP) is 6.23. The Bertz CT molecular complexity index is 1100. The van der Waals surface area contributed by atoms with Crippen molar-refractivity contribution in [1.29, 1.82) is 5.26 Å². The smallest absolute Gasteiger partial charge is 0.335 e. The van der Waals surface area contributed by atoms with Crippen LogP contribution in [-0.4, -0.2) is 24.2 Å². The van der Waals surface area contributed by atoms with Crippen LogP contribution in [0.4, 0.5) is 5.69 Å². The molecule has 31 heavy (non-hydrogen) atoms. The highest BCUT2D eigenvalue weighted by molar-refractivity contribution is 6.30. The van der Waals surface area contributed by atoms with Crippen LogP contribution in [0.3, 0.4) is 0 Å². The number of hydrogen-bond acceptors (Lipinski definition) is 3. The third-order valence-electron chi connectivity index (χ3n) is 6.08. The molecule has 1 aliphatic rings. The van der Waals surface area contributed by atoms with E-state index in [1.54, 1.807) is 12.1 Å². The Morgan fingerprint density at radius 1 is 1.00 bits per heavy atom. The first kappa shape index (κ1) is 21.0. The maximum atomic E-state index is 11.1. The number of carbonyl (C=O) groups is 1. The van der Waals surface area contributed by atoms with Gasteiger partial charge in [-0.1, -0.05) is 48.0 Å². The monoisotopic (exact) mass is 430 g/mol. The molecule has 1 saturated heterocycles. The number of anilines is 1. The van der Waals surface area contributed by atoms with E-state index in [9.17, 15) is 10.1 Å². The van der Waals surface area contributed by atoms with E-state index in [4.69, 9.17) is 16.7 Å². The average Bonchev–Trinajstić information content (AvgIpc) is 2.81. The first-order valence-corrected chi connectivity index (χ1v) is 10.8. The number of benzene rings is 3. The van der Waals surface area contributed by atoms with Gasteiger partial charge in [-0.05, 0) is 71.8 Å². The normalized spacial score (nSPS) is 15.3. The van der Waals surface area contributed by atoms with E-state index in [1.807, 2.05) is 48.5 Å². The summed E-state index contributed by atoms with van der Waals surface area (Å²) >= 11 is 6.05. The molecule has 0 aromatic heterocycles. The molecular weight excluding hydrogens is 408 g/mol. The van der Waals surface area contributed by atoms with Gasteiger partial charge in [-0.2, -0.15) is 5.26 Å². The van der Waals surface area contributed by atoms with E-state index in [0.29, 0.717) is 10.6 Å². The van der Waals surface area contributed by atoms with Crippen molar-refractivity contribution in [3.05, 3.63) is 88.9 Å². The van der Waals surface area contributed by atoms with Crippen molar-refractivity contribution >= 4 is 23.3 Å². The maximum absolute atomic E-state index is 11.1. The highest BCUT2D eigenvalue weighted by Gasteiger charge is 2.29. The minimum atomic E-state index is -0.915. The van der Waals surface area contributed by atoms with Crippen molar-refractivity contribution in [2.45, 2.75) is 18.8 Å². The summed E-state index contributed by atoms with van der Waals surface area (Å²) in [6, 6.07) is 25.5. The minimum absolute atomic E-state index is 0.177. The molecule has 0 saturated carbocycles. The standard InChI is InChI=1S/C26H23ClN2O2/c27-21-9-5-18(6-10-21)23-3-1-2-4-24(23)25(17-28)19-13-15-29(16-14-19)22-11-7-20(8-12-22)26(30)31/h1-12,19,25H,13-16H2,(H,30,31). The van der Waals surface area contributed by atoms with Crippen molar-refractivity contribution in [1.82, 2.24) is 0 Å². The molecule has 0 amide bonds. The summed E-state index contributed by atoms with van der Waals surface area (Å²) in [4.78, 5) is 13.3. The van der Waals surface area contributed by atoms with Gasteiger partial charge >= 0.3 is 5.97 Å². The second kappa shape index (κ2) is 9.24. The Kier molecular flexibility index (Phi) is 6.25. The van der Waals surface area contributed by atoms with Gasteiger partial charge in [0.05, 0.1) is 17.6 Å². The second-order valence-corrected chi connectivity index (χ2v) is 8.31. The van der Waals surface area contributed by atoms with Crippen LogP contribution in [-0.2, 0) is 0 Å². The largest absolute Gasteiger partial charge is 0.478 e. The lowest BCUT2D eigenvalue weighted by Gasteiger charge is -2.36. The summed E-state index contributed by atoms with van der Waals surface area (Å²) in [6.07, 6.45) is 1.82. The van der Waals surface area contributed by atoms with E-state index < -0.39 is 5.97 Å². The van der Waals surface area contributed by atoms with Crippen LogP contribution >= 0.6 is 11.6 Å². The fourth-order valence-corrected chi connectivity index (χ4v) is 4.52. The number of nitriles is 1. The van der Waals surface area contributed by atoms with Crippen LogP contribution in [0.5, 0.6) is 0 Å². The molecule has 1 unspecified atom stereocenters. The van der Waals surface area contributed by atoms with E-state index in [1.165, 1.54) is 0 Å². The van der Waals surface area contributed by atoms with Crippen LogP contribution < -0.4 is 4.90 Å². The first-order valence-electron chi connectivity index (χ1n) is 10.4. The summed E-state index contributed by atoms with van der Waals surface area (Å²) in [5.41, 5.74) is 4.53. The number of rotatable bonds is 5. The Labute approximate surface area is 187 Å². The van der Waals surface area contributed by atoms with Gasteiger partial charge in [-0.15, -0.1) is 0 Å². The van der Waals surface area contributed by atoms with Crippen molar-refractivity contribution in [2.24, 2.45) is 5.92 Å². The number of hydrogen-bond donors (Lipinski definition) is 1. The topological polar surface area (TPSA) is 64.3 Å². The van der Waals surface area contributed by atoms with Crippen LogP contribution in [0.15, 0.2) is 72.8 Å². The van der Waals surface area contributed by atoms with E-state index in [0.717, 1.165) is 48.3 Å². The molecule has 4 nitrogen and oxygen atoms in total. The Morgan fingerprint density at radius 2 is 1.65 bits per heavy atom. The first-order chi connectivity index (χ1) is 15.1. The summed E-state index contributed by atoms with van der Waals surface area (Å²) in [6.45, 7) is 1.69. The number of halogens is 1. The second-order valence-electron chi connectivity index (χ2n) is 7.88. The highest BCUT2D eigenvalue weighted by Crippen LogP contribution is 2.38. The average molecular weight is 431 g/mol. The molecule has 1 atom stereocenters. The predicted molar refractivity (Wildman–Crippen MR) is 124 cm³/mol. The number of aromatic carboxylic acids is 1. The zero-order valence-electron chi connectivity index (χ0n) is 17.0. The minimum Gasteiger partial charge on any atom is -0.478 e. The molecule has 0 spiro atoms. The molecule has 5 heteroatoms. The Morgan fingerprint density at radius 3 is 2.26 bits per heavy atom. The summed E-state index contributed by atoms with van der Waals surface area (Å²) in [7, 11) is 0. The quantitative estimate of drug-likeness (QED) is 0.521. The van der Waals surface area contributed by atoms with Crippen LogP contribution in [0, 0.1) is 17.2 Å². The number of piperidine rings is 1. The molecule has 0 aliphatic carbocycles. The molecule has 4 rings (SSSR count). The van der Waals surface area contributed by atoms with Gasteiger partial charge < -0.3 is 10.0 Å². The van der Waals surface area contributed by atoms with E-state index in [-0.39, 0.29) is 11.8 Å². The van der Waals surface area contributed by atoms with Crippen LogP contribution in [0.2, 0.25) is 5.02 Å². The third-order valence-corrected chi connectivity index (χ3v) is 6.33. The van der Waals surface area contributed by atoms with Gasteiger partial charge in [0.15, 0.2) is 0 Å². The van der Waals surface area contributed by atoms with Gasteiger partial charge in [-0.3, -0.25) is 0 Å². The molecule has 0 radical (unpaired) electrons. The van der Waals surface area contributed by atoms with E-state index in [2.05, 4.69) is 23.1 Å². The lowest BCUT2D eigenvalue weighted by atomic mass is 9.78. The summed E-state index contributed by atoms with van der Waals surface area (Å²) in [5, 5.41) is 19.9. The molecule has 1 fully saturated rings. The van der Waals surface area contributed by atoms with Crippen molar-refractivity contribution in [3.63, 3.8) is 0 Å². The summed E-state index contributed by atoms with van der Waals surface area (Å²) in [5.74, 6) is -0.821. The number of nitrogens with zero attached hydrogens (tertiary/aromatic N) is 2. The zero-order valence-corrected chi connectivity index (χ0v) is 17.8. The molecule has 1 aliphatic heterocycles. The fourth-order valence-electron chi connectivity index (χ4n) is 4.40. The molecular formula is C26H23ClN2O2. The molecule has 1 N–H and O–H groups in total. The number of carboxylic acid groups (broad SMARTS) is 1. The van der Waals surface area contributed by atoms with Crippen LogP contribution in [0.25, 0.3) is 11.1 Å². The van der Waals surface area contributed by atoms with Gasteiger partial charge in [0, 0.05) is 23.8 Å². The molecule has 0 bridgehead atoms. The maximum Gasteiger partial charge on any atom is 0.335 e. The van der Waals surface area contributed by atoms with Gasteiger partial charge in [-0.25, -0.2) is 4.79 Å². The molecule has 1 heterocycles. The molecule has 3 aromatic carbocycles. The highest BCUT2D eigenvalue weighted by atomic mass is 35.5. The third kappa shape index (κ3) is 4.57. The van der Waals surface area contributed by atoms with Crippen molar-refractivity contribution in [3.8, 4) is 17.2 Å². The lowest BCUT2D eigenvalue weighted by molar-refractivity contribution is 0.0697. The molecule has 156 valence electrons. The summed E-state index contributed by atoms with van der Waals surface area (Å²) < 4.78 is 0. The van der Waals surface area contributed by atoms with Crippen LogP contribution in [0.1, 0.15) is 34.7 Å². The number of carboxylic acids is 1. The van der Waals surface area contributed by atoms with Gasteiger partial charge in [0.2, 0.25) is 0 Å². The Hall–Kier alpha value is -3.29. The van der Waals surface area contributed by atoms with Gasteiger partial charge in [0.1, 0.15) is 0 Å². The van der Waals surface area contributed by atoms with E-state index >= 15 is 0 Å². The fraction of sp³-hybridized carbons (Fsp3) is 0.231. The molecule has 3 aromatic rings. The van der Waals surface area contributed by atoms with Crippen molar-refractivity contribution in [2.75, 3.05) is 18.0 Å².